The van der Waals surface area contributed by atoms with Crippen LogP contribution in [0.1, 0.15) is 29.4 Å². The summed E-state index contributed by atoms with van der Waals surface area (Å²) in [6, 6.07) is 0. The smallest absolute Gasteiger partial charge is 0.393 e. The van der Waals surface area contributed by atoms with E-state index in [0.29, 0.717) is 12.3 Å². The fraction of sp³-hybridized carbons (Fsp3) is 0.625. The van der Waals surface area contributed by atoms with Gasteiger partial charge in [0, 0.05) is 6.61 Å². The van der Waals surface area contributed by atoms with E-state index in [2.05, 4.69) is 10.2 Å². The van der Waals surface area contributed by atoms with Crippen LogP contribution in [-0.2, 0) is 11.2 Å². The van der Waals surface area contributed by atoms with E-state index in [0.717, 1.165) is 19.4 Å². The van der Waals surface area contributed by atoms with Gasteiger partial charge >= 0.3 is 11.9 Å². The number of nitrogens with zero attached hydrogens (tertiary/aromatic N) is 2. The van der Waals surface area contributed by atoms with Crippen molar-refractivity contribution in [3.05, 3.63) is 11.8 Å². The lowest BCUT2D eigenvalue weighted by Gasteiger charge is -2.03. The highest BCUT2D eigenvalue weighted by atomic mass is 16.5. The number of hydrogen-bond donors (Lipinski definition) is 1. The van der Waals surface area contributed by atoms with Gasteiger partial charge in [0.15, 0.2) is 0 Å². The van der Waals surface area contributed by atoms with Gasteiger partial charge in [-0.05, 0) is 12.8 Å². The van der Waals surface area contributed by atoms with Gasteiger partial charge in [-0.15, -0.1) is 10.2 Å². The Hall–Kier alpha value is -1.43. The van der Waals surface area contributed by atoms with Crippen molar-refractivity contribution in [1.82, 2.24) is 10.2 Å². The molecule has 1 unspecified atom stereocenters. The van der Waals surface area contributed by atoms with Gasteiger partial charge in [-0.3, -0.25) is 0 Å². The van der Waals surface area contributed by atoms with E-state index in [4.69, 9.17) is 14.3 Å². The third-order valence-corrected chi connectivity index (χ3v) is 2.08. The number of ether oxygens (including phenoxy) is 1. The second-order valence-electron chi connectivity index (χ2n) is 3.15. The number of rotatable bonds is 3. The van der Waals surface area contributed by atoms with Gasteiger partial charge in [0.25, 0.3) is 0 Å². The highest BCUT2D eigenvalue weighted by molar-refractivity contribution is 5.81. The maximum atomic E-state index is 10.4. The minimum atomic E-state index is -1.20. The minimum Gasteiger partial charge on any atom is -0.474 e. The average molecular weight is 198 g/mol. The predicted molar refractivity (Wildman–Crippen MR) is 43.9 cm³/mol. The van der Waals surface area contributed by atoms with Crippen molar-refractivity contribution in [3.8, 4) is 0 Å². The van der Waals surface area contributed by atoms with Gasteiger partial charge in [0.05, 0.1) is 12.5 Å². The van der Waals surface area contributed by atoms with Crippen LogP contribution in [0.5, 0.6) is 0 Å². The molecule has 0 bridgehead atoms. The Morgan fingerprint density at radius 3 is 3.00 bits per heavy atom. The molecule has 0 amide bonds. The van der Waals surface area contributed by atoms with Crippen LogP contribution >= 0.6 is 0 Å². The van der Waals surface area contributed by atoms with Gasteiger partial charge in [-0.1, -0.05) is 0 Å². The molecule has 6 heteroatoms. The standard InChI is InChI=1S/C8H10N2O4/c11-8(12)7-10-9-6(14-7)4-5-2-1-3-13-5/h5H,1-4H2,(H,11,12). The van der Waals surface area contributed by atoms with Gasteiger partial charge in [0.2, 0.25) is 5.89 Å². The first-order valence-corrected chi connectivity index (χ1v) is 4.43. The molecule has 0 saturated carbocycles. The molecule has 1 aromatic rings. The number of hydrogen-bond acceptors (Lipinski definition) is 5. The number of carbonyl (C=O) groups is 1. The molecule has 76 valence electrons. The molecule has 0 radical (unpaired) electrons. The molecule has 2 heterocycles. The molecule has 1 fully saturated rings. The third kappa shape index (κ3) is 1.90. The van der Waals surface area contributed by atoms with E-state index in [1.54, 1.807) is 0 Å². The number of carboxylic acid groups (broad SMARTS) is 1. The quantitative estimate of drug-likeness (QED) is 0.760. The molecular formula is C8H10N2O4. The van der Waals surface area contributed by atoms with E-state index in [1.165, 1.54) is 0 Å². The van der Waals surface area contributed by atoms with E-state index in [1.807, 2.05) is 0 Å². The van der Waals surface area contributed by atoms with E-state index in [9.17, 15) is 4.79 Å². The summed E-state index contributed by atoms with van der Waals surface area (Å²) in [4.78, 5) is 10.4. The van der Waals surface area contributed by atoms with Crippen LogP contribution in [0.2, 0.25) is 0 Å². The average Bonchev–Trinajstić information content (AvgIpc) is 2.75. The molecule has 2 rings (SSSR count). The molecule has 0 spiro atoms. The molecule has 0 aliphatic carbocycles. The van der Waals surface area contributed by atoms with Crippen LogP contribution < -0.4 is 0 Å². The SMILES string of the molecule is O=C(O)c1nnc(CC2CCCO2)o1. The van der Waals surface area contributed by atoms with Gasteiger partial charge < -0.3 is 14.3 Å². The van der Waals surface area contributed by atoms with Gasteiger partial charge in [-0.2, -0.15) is 0 Å². The summed E-state index contributed by atoms with van der Waals surface area (Å²) >= 11 is 0. The number of aromatic nitrogens is 2. The lowest BCUT2D eigenvalue weighted by atomic mass is 10.2. The molecule has 14 heavy (non-hydrogen) atoms. The number of carboxylic acids is 1. The van der Waals surface area contributed by atoms with E-state index in [-0.39, 0.29) is 12.0 Å². The Bertz CT molecular complexity index is 330. The zero-order chi connectivity index (χ0) is 9.97. The van der Waals surface area contributed by atoms with Crippen LogP contribution in [0.25, 0.3) is 0 Å². The number of aromatic carboxylic acids is 1. The van der Waals surface area contributed by atoms with Crippen molar-refractivity contribution in [2.24, 2.45) is 0 Å². The Morgan fingerprint density at radius 1 is 1.57 bits per heavy atom. The van der Waals surface area contributed by atoms with Crippen LogP contribution in [-0.4, -0.2) is 34.0 Å². The lowest BCUT2D eigenvalue weighted by molar-refractivity contribution is 0.0646. The first-order chi connectivity index (χ1) is 6.75. The molecule has 1 aliphatic rings. The summed E-state index contributed by atoms with van der Waals surface area (Å²) in [7, 11) is 0. The van der Waals surface area contributed by atoms with Crippen LogP contribution in [0.15, 0.2) is 4.42 Å². The molecule has 1 aromatic heterocycles. The van der Waals surface area contributed by atoms with E-state index < -0.39 is 5.97 Å². The van der Waals surface area contributed by atoms with Crippen molar-refractivity contribution in [2.75, 3.05) is 6.61 Å². The summed E-state index contributed by atoms with van der Waals surface area (Å²) in [5.74, 6) is -1.23. The van der Waals surface area contributed by atoms with Crippen molar-refractivity contribution in [2.45, 2.75) is 25.4 Å². The maximum Gasteiger partial charge on any atom is 0.393 e. The molecule has 1 aliphatic heterocycles. The summed E-state index contributed by atoms with van der Waals surface area (Å²) in [6.07, 6.45) is 2.59. The summed E-state index contributed by atoms with van der Waals surface area (Å²) in [5.41, 5.74) is 0. The second-order valence-corrected chi connectivity index (χ2v) is 3.15. The monoisotopic (exact) mass is 198 g/mol. The molecule has 6 nitrogen and oxygen atoms in total. The normalized spacial score (nSPS) is 21.3. The molecule has 1 atom stereocenters. The van der Waals surface area contributed by atoms with Crippen molar-refractivity contribution < 1.29 is 19.1 Å². The first-order valence-electron chi connectivity index (χ1n) is 4.43. The molecule has 1 saturated heterocycles. The van der Waals surface area contributed by atoms with Crippen molar-refractivity contribution >= 4 is 5.97 Å². The summed E-state index contributed by atoms with van der Waals surface area (Å²) in [6.45, 7) is 0.755. The molecule has 0 aromatic carbocycles. The zero-order valence-corrected chi connectivity index (χ0v) is 7.47. The minimum absolute atomic E-state index is 0.0945. The third-order valence-electron chi connectivity index (χ3n) is 2.08. The van der Waals surface area contributed by atoms with Crippen LogP contribution in [0.4, 0.5) is 0 Å². The second kappa shape index (κ2) is 3.75. The first kappa shape index (κ1) is 9.14. The predicted octanol–water partition coefficient (Wildman–Crippen LogP) is 0.489. The largest absolute Gasteiger partial charge is 0.474 e. The van der Waals surface area contributed by atoms with Crippen molar-refractivity contribution in [1.29, 1.82) is 0 Å². The Kier molecular flexibility index (Phi) is 2.45. The maximum absolute atomic E-state index is 10.4. The summed E-state index contributed by atoms with van der Waals surface area (Å²) < 4.78 is 10.3. The fourth-order valence-corrected chi connectivity index (χ4v) is 1.42. The Labute approximate surface area is 79.9 Å². The summed E-state index contributed by atoms with van der Waals surface area (Å²) in [5, 5.41) is 15.5. The highest BCUT2D eigenvalue weighted by Gasteiger charge is 2.20. The fourth-order valence-electron chi connectivity index (χ4n) is 1.42. The highest BCUT2D eigenvalue weighted by Crippen LogP contribution is 2.16. The lowest BCUT2D eigenvalue weighted by Crippen LogP contribution is -2.08. The topological polar surface area (TPSA) is 85.5 Å². The molecule has 1 N–H and O–H groups in total. The van der Waals surface area contributed by atoms with Crippen molar-refractivity contribution in [3.63, 3.8) is 0 Å². The Morgan fingerprint density at radius 2 is 2.43 bits per heavy atom. The van der Waals surface area contributed by atoms with Gasteiger partial charge in [-0.25, -0.2) is 4.79 Å². The van der Waals surface area contributed by atoms with Crippen LogP contribution in [0.3, 0.4) is 0 Å². The zero-order valence-electron chi connectivity index (χ0n) is 7.47. The molecular weight excluding hydrogens is 188 g/mol. The van der Waals surface area contributed by atoms with Gasteiger partial charge in [0.1, 0.15) is 0 Å². The Balaban J connectivity index is 1.98. The van der Waals surface area contributed by atoms with Crippen LogP contribution in [0, 0.1) is 0 Å². The van der Waals surface area contributed by atoms with E-state index >= 15 is 0 Å².